The number of hydrogen-bond acceptors (Lipinski definition) is 1. The van der Waals surface area contributed by atoms with Crippen LogP contribution in [0.1, 0.15) is 37.7 Å². The van der Waals surface area contributed by atoms with Crippen LogP contribution in [0.15, 0.2) is 22.7 Å². The van der Waals surface area contributed by atoms with Gasteiger partial charge in [-0.15, -0.1) is 0 Å². The first-order valence-corrected chi connectivity index (χ1v) is 6.93. The van der Waals surface area contributed by atoms with Crippen LogP contribution in [0.25, 0.3) is 0 Å². The second kappa shape index (κ2) is 5.76. The molecular formula is C14H16BrFO. The molecule has 0 aromatic heterocycles. The summed E-state index contributed by atoms with van der Waals surface area (Å²) in [5, 5.41) is 0. The Labute approximate surface area is 110 Å². The summed E-state index contributed by atoms with van der Waals surface area (Å²) < 4.78 is 13.5. The van der Waals surface area contributed by atoms with Gasteiger partial charge in [0, 0.05) is 12.3 Å². The standard InChI is InChI=1S/C14H16BrFO/c15-12-9-10(5-7-13(12)16)6-8-14(17)11-3-1-2-4-11/h5,7,9,11H,1-4,6,8H2. The topological polar surface area (TPSA) is 17.1 Å². The monoisotopic (exact) mass is 298 g/mol. The van der Waals surface area contributed by atoms with Crippen molar-refractivity contribution in [2.24, 2.45) is 5.92 Å². The third-order valence-electron chi connectivity index (χ3n) is 3.45. The van der Waals surface area contributed by atoms with E-state index in [1.54, 1.807) is 12.1 Å². The second-order valence-electron chi connectivity index (χ2n) is 4.70. The van der Waals surface area contributed by atoms with E-state index in [1.807, 2.05) is 0 Å². The Bertz CT molecular complexity index is 411. The molecule has 1 nitrogen and oxygen atoms in total. The van der Waals surface area contributed by atoms with Gasteiger partial charge >= 0.3 is 0 Å². The second-order valence-corrected chi connectivity index (χ2v) is 5.55. The molecule has 1 aliphatic carbocycles. The van der Waals surface area contributed by atoms with Gasteiger partial charge in [-0.3, -0.25) is 4.79 Å². The zero-order valence-corrected chi connectivity index (χ0v) is 11.3. The Morgan fingerprint density at radius 1 is 1.35 bits per heavy atom. The molecule has 0 spiro atoms. The summed E-state index contributed by atoms with van der Waals surface area (Å²) in [4.78, 5) is 11.9. The van der Waals surface area contributed by atoms with Crippen molar-refractivity contribution < 1.29 is 9.18 Å². The smallest absolute Gasteiger partial charge is 0.137 e. The molecule has 3 heteroatoms. The zero-order chi connectivity index (χ0) is 12.3. The van der Waals surface area contributed by atoms with Gasteiger partial charge in [-0.25, -0.2) is 4.39 Å². The molecule has 17 heavy (non-hydrogen) atoms. The average Bonchev–Trinajstić information content (AvgIpc) is 2.84. The van der Waals surface area contributed by atoms with Crippen LogP contribution in [0, 0.1) is 11.7 Å². The highest BCUT2D eigenvalue weighted by atomic mass is 79.9. The molecule has 0 heterocycles. The van der Waals surface area contributed by atoms with Crippen LogP contribution >= 0.6 is 15.9 Å². The van der Waals surface area contributed by atoms with Gasteiger partial charge in [0.15, 0.2) is 0 Å². The van der Waals surface area contributed by atoms with E-state index in [2.05, 4.69) is 15.9 Å². The van der Waals surface area contributed by atoms with Crippen LogP contribution < -0.4 is 0 Å². The number of aryl methyl sites for hydroxylation is 1. The van der Waals surface area contributed by atoms with E-state index in [1.165, 1.54) is 18.9 Å². The Morgan fingerprint density at radius 2 is 2.06 bits per heavy atom. The number of carbonyl (C=O) groups is 1. The number of Topliss-reactive ketones (excluding diaryl/α,β-unsaturated/α-hetero) is 1. The molecule has 2 rings (SSSR count). The van der Waals surface area contributed by atoms with Gasteiger partial charge < -0.3 is 0 Å². The lowest BCUT2D eigenvalue weighted by Crippen LogP contribution is -2.11. The first-order valence-electron chi connectivity index (χ1n) is 6.13. The first kappa shape index (κ1) is 12.7. The van der Waals surface area contributed by atoms with Crippen molar-refractivity contribution in [2.75, 3.05) is 0 Å². The largest absolute Gasteiger partial charge is 0.299 e. The number of rotatable bonds is 4. The van der Waals surface area contributed by atoms with Crippen LogP contribution in [0.4, 0.5) is 4.39 Å². The SMILES string of the molecule is O=C(CCc1ccc(F)c(Br)c1)C1CCCC1. The molecule has 1 aromatic carbocycles. The lowest BCUT2D eigenvalue weighted by molar-refractivity contribution is -0.122. The van der Waals surface area contributed by atoms with Gasteiger partial charge in [0.25, 0.3) is 0 Å². The van der Waals surface area contributed by atoms with E-state index < -0.39 is 0 Å². The molecule has 0 atom stereocenters. The van der Waals surface area contributed by atoms with Crippen molar-refractivity contribution in [3.8, 4) is 0 Å². The number of hydrogen-bond donors (Lipinski definition) is 0. The van der Waals surface area contributed by atoms with E-state index in [4.69, 9.17) is 0 Å². The van der Waals surface area contributed by atoms with Gasteiger partial charge in [0.2, 0.25) is 0 Å². The van der Waals surface area contributed by atoms with Crippen LogP contribution in [0.2, 0.25) is 0 Å². The molecule has 0 radical (unpaired) electrons. The summed E-state index contributed by atoms with van der Waals surface area (Å²) in [5.41, 5.74) is 1.02. The summed E-state index contributed by atoms with van der Waals surface area (Å²) in [5.74, 6) is 0.415. The van der Waals surface area contributed by atoms with E-state index in [0.29, 0.717) is 29.0 Å². The molecule has 0 bridgehead atoms. The van der Waals surface area contributed by atoms with Gasteiger partial charge in [0.1, 0.15) is 11.6 Å². The van der Waals surface area contributed by atoms with Gasteiger partial charge in [-0.1, -0.05) is 18.9 Å². The number of ketones is 1. The summed E-state index contributed by atoms with van der Waals surface area (Å²) in [7, 11) is 0. The number of carbonyl (C=O) groups excluding carboxylic acids is 1. The zero-order valence-electron chi connectivity index (χ0n) is 9.72. The van der Waals surface area contributed by atoms with Gasteiger partial charge in [0.05, 0.1) is 4.47 Å². The quantitative estimate of drug-likeness (QED) is 0.811. The van der Waals surface area contributed by atoms with Crippen molar-refractivity contribution in [1.29, 1.82) is 0 Å². The third kappa shape index (κ3) is 3.38. The van der Waals surface area contributed by atoms with Crippen molar-refractivity contribution >= 4 is 21.7 Å². The van der Waals surface area contributed by atoms with Crippen LogP contribution in [-0.4, -0.2) is 5.78 Å². The minimum atomic E-state index is -0.254. The Balaban J connectivity index is 1.88. The first-order chi connectivity index (χ1) is 8.16. The van der Waals surface area contributed by atoms with Crippen LogP contribution in [0.5, 0.6) is 0 Å². The minimum Gasteiger partial charge on any atom is -0.299 e. The highest BCUT2D eigenvalue weighted by Gasteiger charge is 2.21. The highest BCUT2D eigenvalue weighted by Crippen LogP contribution is 2.27. The van der Waals surface area contributed by atoms with E-state index >= 15 is 0 Å². The minimum absolute atomic E-state index is 0.254. The van der Waals surface area contributed by atoms with Crippen LogP contribution in [0.3, 0.4) is 0 Å². The summed E-state index contributed by atoms with van der Waals surface area (Å²) in [6.07, 6.45) is 5.81. The fourth-order valence-electron chi connectivity index (χ4n) is 2.41. The summed E-state index contributed by atoms with van der Waals surface area (Å²) in [6.45, 7) is 0. The molecule has 1 aliphatic rings. The van der Waals surface area contributed by atoms with E-state index in [-0.39, 0.29) is 5.82 Å². The number of halogens is 2. The number of benzene rings is 1. The van der Waals surface area contributed by atoms with Gasteiger partial charge in [-0.2, -0.15) is 0 Å². The van der Waals surface area contributed by atoms with Crippen molar-refractivity contribution in [1.82, 2.24) is 0 Å². The lowest BCUT2D eigenvalue weighted by atomic mass is 9.97. The summed E-state index contributed by atoms with van der Waals surface area (Å²) in [6, 6.07) is 4.96. The predicted molar refractivity (Wildman–Crippen MR) is 69.4 cm³/mol. The van der Waals surface area contributed by atoms with Crippen molar-refractivity contribution in [3.63, 3.8) is 0 Å². The predicted octanol–water partition coefficient (Wildman–Crippen LogP) is 4.28. The molecule has 0 aliphatic heterocycles. The fraction of sp³-hybridized carbons (Fsp3) is 0.500. The lowest BCUT2D eigenvalue weighted by Gasteiger charge is -2.08. The molecule has 1 aromatic rings. The van der Waals surface area contributed by atoms with Crippen LogP contribution in [-0.2, 0) is 11.2 Å². The van der Waals surface area contributed by atoms with Crippen molar-refractivity contribution in [2.45, 2.75) is 38.5 Å². The van der Waals surface area contributed by atoms with E-state index in [9.17, 15) is 9.18 Å². The van der Waals surface area contributed by atoms with Gasteiger partial charge in [-0.05, 0) is 52.9 Å². The molecule has 92 valence electrons. The average molecular weight is 299 g/mol. The highest BCUT2D eigenvalue weighted by molar-refractivity contribution is 9.10. The fourth-order valence-corrected chi connectivity index (χ4v) is 2.84. The maximum atomic E-state index is 13.0. The molecule has 0 saturated heterocycles. The maximum Gasteiger partial charge on any atom is 0.137 e. The molecule has 0 N–H and O–H groups in total. The molecule has 1 saturated carbocycles. The molecule has 0 amide bonds. The Kier molecular flexibility index (Phi) is 4.32. The normalized spacial score (nSPS) is 16.4. The Morgan fingerprint density at radius 3 is 2.71 bits per heavy atom. The summed E-state index contributed by atoms with van der Waals surface area (Å²) >= 11 is 3.16. The van der Waals surface area contributed by atoms with E-state index in [0.717, 1.165) is 18.4 Å². The maximum absolute atomic E-state index is 13.0. The molecule has 0 unspecified atom stereocenters. The Hall–Kier alpha value is -0.700. The van der Waals surface area contributed by atoms with Crippen molar-refractivity contribution in [3.05, 3.63) is 34.1 Å². The molecular weight excluding hydrogens is 283 g/mol. The molecule has 1 fully saturated rings. The third-order valence-corrected chi connectivity index (χ3v) is 4.06.